The highest BCUT2D eigenvalue weighted by atomic mass is 32.2. The van der Waals surface area contributed by atoms with E-state index >= 15 is 0 Å². The lowest BCUT2D eigenvalue weighted by molar-refractivity contribution is 0.306. The summed E-state index contributed by atoms with van der Waals surface area (Å²) >= 11 is 0. The van der Waals surface area contributed by atoms with E-state index in [-0.39, 0.29) is 11.8 Å². The van der Waals surface area contributed by atoms with E-state index in [4.69, 9.17) is 0 Å². The van der Waals surface area contributed by atoms with Crippen molar-refractivity contribution in [3.05, 3.63) is 28.8 Å². The van der Waals surface area contributed by atoms with E-state index in [1.807, 2.05) is 32.9 Å². The van der Waals surface area contributed by atoms with Gasteiger partial charge >= 0.3 is 0 Å². The number of aryl methyl sites for hydroxylation is 2. The number of phenols is 1. The van der Waals surface area contributed by atoms with Gasteiger partial charge in [0, 0.05) is 32.7 Å². The highest BCUT2D eigenvalue weighted by molar-refractivity contribution is 7.89. The molecule has 1 aliphatic rings. The molecule has 0 aromatic heterocycles. The standard InChI is InChI=1S/C19H32N4O3S/c1-5-10-27(25,26)23-8-6-17(7-9-23)22-19(20-4)21-13-16-11-14(2)18(24)15(3)12-16/h11-12,17,24H,5-10,13H2,1-4H3,(H2,20,21,22). The molecule has 152 valence electrons. The van der Waals surface area contributed by atoms with Crippen molar-refractivity contribution in [1.29, 1.82) is 0 Å². The van der Waals surface area contributed by atoms with Crippen LogP contribution < -0.4 is 10.6 Å². The van der Waals surface area contributed by atoms with E-state index in [1.165, 1.54) is 0 Å². The van der Waals surface area contributed by atoms with Crippen LogP contribution in [0.3, 0.4) is 0 Å². The average Bonchev–Trinajstić information content (AvgIpc) is 2.63. The van der Waals surface area contributed by atoms with Gasteiger partial charge in [-0.25, -0.2) is 12.7 Å². The van der Waals surface area contributed by atoms with Crippen molar-refractivity contribution < 1.29 is 13.5 Å². The molecule has 1 heterocycles. The SMILES string of the molecule is CCCS(=O)(=O)N1CCC(NC(=NC)NCc2cc(C)c(O)c(C)c2)CC1. The summed E-state index contributed by atoms with van der Waals surface area (Å²) in [5.74, 6) is 1.26. The van der Waals surface area contributed by atoms with Crippen LogP contribution in [0.1, 0.15) is 42.9 Å². The van der Waals surface area contributed by atoms with E-state index in [2.05, 4.69) is 15.6 Å². The van der Waals surface area contributed by atoms with Gasteiger partial charge in [0.1, 0.15) is 5.75 Å². The molecule has 27 heavy (non-hydrogen) atoms. The lowest BCUT2D eigenvalue weighted by Crippen LogP contribution is -2.49. The number of nitrogens with one attached hydrogen (secondary N) is 2. The summed E-state index contributed by atoms with van der Waals surface area (Å²) < 4.78 is 25.9. The van der Waals surface area contributed by atoms with Crippen LogP contribution in [0.2, 0.25) is 0 Å². The molecule has 1 fully saturated rings. The molecule has 1 aliphatic heterocycles. The first-order valence-corrected chi connectivity index (χ1v) is 11.1. The van der Waals surface area contributed by atoms with Crippen molar-refractivity contribution in [2.24, 2.45) is 4.99 Å². The predicted molar refractivity (Wildman–Crippen MR) is 110 cm³/mol. The van der Waals surface area contributed by atoms with Gasteiger partial charge in [-0.15, -0.1) is 0 Å². The van der Waals surface area contributed by atoms with Crippen LogP contribution in [0.15, 0.2) is 17.1 Å². The van der Waals surface area contributed by atoms with Gasteiger partial charge in [-0.1, -0.05) is 19.1 Å². The Morgan fingerprint density at radius 2 is 1.85 bits per heavy atom. The van der Waals surface area contributed by atoms with E-state index in [1.54, 1.807) is 11.4 Å². The zero-order valence-electron chi connectivity index (χ0n) is 16.7. The summed E-state index contributed by atoms with van der Waals surface area (Å²) in [7, 11) is -1.38. The molecule has 0 saturated carbocycles. The van der Waals surface area contributed by atoms with Gasteiger partial charge in [-0.05, 0) is 49.8 Å². The van der Waals surface area contributed by atoms with Crippen molar-refractivity contribution in [2.75, 3.05) is 25.9 Å². The number of hydrogen-bond acceptors (Lipinski definition) is 4. The van der Waals surface area contributed by atoms with Gasteiger partial charge in [0.25, 0.3) is 0 Å². The zero-order valence-corrected chi connectivity index (χ0v) is 17.6. The van der Waals surface area contributed by atoms with Crippen LogP contribution in [0.5, 0.6) is 5.75 Å². The summed E-state index contributed by atoms with van der Waals surface area (Å²) in [5, 5.41) is 16.6. The maximum Gasteiger partial charge on any atom is 0.214 e. The number of aromatic hydroxyl groups is 1. The summed E-state index contributed by atoms with van der Waals surface area (Å²) in [4.78, 5) is 4.27. The summed E-state index contributed by atoms with van der Waals surface area (Å²) in [5.41, 5.74) is 2.79. The second-order valence-electron chi connectivity index (χ2n) is 7.14. The highest BCUT2D eigenvalue weighted by Gasteiger charge is 2.27. The Morgan fingerprint density at radius 1 is 1.26 bits per heavy atom. The van der Waals surface area contributed by atoms with Gasteiger partial charge in [-0.2, -0.15) is 0 Å². The second-order valence-corrected chi connectivity index (χ2v) is 9.23. The van der Waals surface area contributed by atoms with Gasteiger partial charge in [-0.3, -0.25) is 4.99 Å². The van der Waals surface area contributed by atoms with Crippen LogP contribution in [0.25, 0.3) is 0 Å². The minimum absolute atomic E-state index is 0.201. The molecule has 0 spiro atoms. The fraction of sp³-hybridized carbons (Fsp3) is 0.632. The lowest BCUT2D eigenvalue weighted by Gasteiger charge is -2.32. The molecule has 1 aromatic carbocycles. The smallest absolute Gasteiger partial charge is 0.214 e. The van der Waals surface area contributed by atoms with Crippen LogP contribution in [-0.4, -0.2) is 55.7 Å². The van der Waals surface area contributed by atoms with Crippen LogP contribution in [0.4, 0.5) is 0 Å². The molecule has 7 nitrogen and oxygen atoms in total. The van der Waals surface area contributed by atoms with Gasteiger partial charge in [0.05, 0.1) is 5.75 Å². The largest absolute Gasteiger partial charge is 0.507 e. The first-order valence-electron chi connectivity index (χ1n) is 9.51. The molecule has 0 unspecified atom stereocenters. The quantitative estimate of drug-likeness (QED) is 0.504. The van der Waals surface area contributed by atoms with E-state index in [0.717, 1.165) is 29.5 Å². The number of nitrogens with zero attached hydrogens (tertiary/aromatic N) is 2. The monoisotopic (exact) mass is 396 g/mol. The third-order valence-corrected chi connectivity index (χ3v) is 6.96. The Bertz CT molecular complexity index is 746. The Kier molecular flexibility index (Phi) is 7.49. The summed E-state index contributed by atoms with van der Waals surface area (Å²) in [6.45, 7) is 7.36. The summed E-state index contributed by atoms with van der Waals surface area (Å²) in [6, 6.07) is 4.12. The molecular weight excluding hydrogens is 364 g/mol. The minimum Gasteiger partial charge on any atom is -0.507 e. The number of phenolic OH excluding ortho intramolecular Hbond substituents is 1. The molecular formula is C19H32N4O3S. The maximum atomic E-state index is 12.2. The molecule has 0 bridgehead atoms. The fourth-order valence-corrected chi connectivity index (χ4v) is 4.93. The topological polar surface area (TPSA) is 94.0 Å². The van der Waals surface area contributed by atoms with Crippen molar-refractivity contribution in [3.8, 4) is 5.75 Å². The fourth-order valence-electron chi connectivity index (χ4n) is 3.39. The Labute approximate surface area is 162 Å². The predicted octanol–water partition coefficient (Wildman–Crippen LogP) is 1.88. The third kappa shape index (κ3) is 5.84. The van der Waals surface area contributed by atoms with Crippen molar-refractivity contribution in [3.63, 3.8) is 0 Å². The van der Waals surface area contributed by atoms with Crippen LogP contribution in [0, 0.1) is 13.8 Å². The highest BCUT2D eigenvalue weighted by Crippen LogP contribution is 2.22. The third-order valence-electron chi connectivity index (χ3n) is 4.88. The maximum absolute atomic E-state index is 12.2. The molecule has 8 heteroatoms. The van der Waals surface area contributed by atoms with Crippen LogP contribution >= 0.6 is 0 Å². The molecule has 3 N–H and O–H groups in total. The first-order chi connectivity index (χ1) is 12.8. The first kappa shape index (κ1) is 21.5. The van der Waals surface area contributed by atoms with Gasteiger partial charge < -0.3 is 15.7 Å². The molecule has 0 atom stereocenters. The Balaban J connectivity index is 1.86. The summed E-state index contributed by atoms with van der Waals surface area (Å²) in [6.07, 6.45) is 2.18. The number of sulfonamides is 1. The molecule has 0 radical (unpaired) electrons. The normalized spacial score (nSPS) is 17.1. The minimum atomic E-state index is -3.11. The van der Waals surface area contributed by atoms with Crippen molar-refractivity contribution in [1.82, 2.24) is 14.9 Å². The van der Waals surface area contributed by atoms with Crippen molar-refractivity contribution in [2.45, 2.75) is 52.6 Å². The Morgan fingerprint density at radius 3 is 2.37 bits per heavy atom. The van der Waals surface area contributed by atoms with E-state index < -0.39 is 10.0 Å². The molecule has 1 aromatic rings. The second kappa shape index (κ2) is 9.41. The van der Waals surface area contributed by atoms with Gasteiger partial charge in [0.15, 0.2) is 5.96 Å². The number of benzene rings is 1. The zero-order chi connectivity index (χ0) is 20.0. The van der Waals surface area contributed by atoms with E-state index in [9.17, 15) is 13.5 Å². The van der Waals surface area contributed by atoms with Crippen molar-refractivity contribution >= 4 is 16.0 Å². The van der Waals surface area contributed by atoms with Gasteiger partial charge in [0.2, 0.25) is 10.0 Å². The molecule has 1 saturated heterocycles. The molecule has 0 aliphatic carbocycles. The number of aliphatic imine (C=N–C) groups is 1. The average molecular weight is 397 g/mol. The lowest BCUT2D eigenvalue weighted by atomic mass is 10.1. The number of piperidine rings is 1. The molecule has 2 rings (SSSR count). The number of guanidine groups is 1. The van der Waals surface area contributed by atoms with E-state index in [0.29, 0.717) is 37.8 Å². The van der Waals surface area contributed by atoms with Crippen LogP contribution in [-0.2, 0) is 16.6 Å². The number of rotatable bonds is 6. The number of hydrogen-bond donors (Lipinski definition) is 3. The Hall–Kier alpha value is -1.80. The molecule has 0 amide bonds.